The van der Waals surface area contributed by atoms with Crippen LogP contribution >= 0.6 is 0 Å². The van der Waals surface area contributed by atoms with Gasteiger partial charge in [-0.2, -0.15) is 4.98 Å². The number of hydrogen-bond acceptors (Lipinski definition) is 5. The highest BCUT2D eigenvalue weighted by Crippen LogP contribution is 1.96. The lowest BCUT2D eigenvalue weighted by atomic mass is 10.2. The lowest BCUT2D eigenvalue weighted by molar-refractivity contribution is 0.567. The molecule has 0 aliphatic carbocycles. The first-order valence-electron chi connectivity index (χ1n) is 4.68. The summed E-state index contributed by atoms with van der Waals surface area (Å²) in [7, 11) is 0. The average molecular weight is 197 g/mol. The highest BCUT2D eigenvalue weighted by atomic mass is 16.1. The van der Waals surface area contributed by atoms with Gasteiger partial charge in [0.05, 0.1) is 0 Å². The molecule has 78 valence electrons. The summed E-state index contributed by atoms with van der Waals surface area (Å²) in [4.78, 5) is 18.8. The van der Waals surface area contributed by atoms with Gasteiger partial charge in [0.25, 0.3) is 0 Å². The smallest absolute Gasteiger partial charge is 0.292 e. The summed E-state index contributed by atoms with van der Waals surface area (Å²) in [5.41, 5.74) is 1.91. The minimum atomic E-state index is -0.316. The number of nitrogens with one attached hydrogen (secondary N) is 1. The van der Waals surface area contributed by atoms with Crippen molar-refractivity contribution in [1.29, 1.82) is 0 Å². The van der Waals surface area contributed by atoms with Crippen molar-refractivity contribution in [2.75, 3.05) is 5.43 Å². The highest BCUT2D eigenvalue weighted by molar-refractivity contribution is 5.17. The zero-order chi connectivity index (χ0) is 10.4. The van der Waals surface area contributed by atoms with Gasteiger partial charge >= 0.3 is 5.69 Å². The molecule has 1 rings (SSSR count). The van der Waals surface area contributed by atoms with Crippen molar-refractivity contribution in [2.24, 2.45) is 5.84 Å². The van der Waals surface area contributed by atoms with Gasteiger partial charge in [-0.3, -0.25) is 9.99 Å². The molecule has 0 aliphatic rings. The van der Waals surface area contributed by atoms with E-state index in [0.717, 1.165) is 19.3 Å². The van der Waals surface area contributed by atoms with E-state index in [4.69, 9.17) is 5.84 Å². The van der Waals surface area contributed by atoms with Crippen molar-refractivity contribution in [3.05, 3.63) is 16.8 Å². The van der Waals surface area contributed by atoms with E-state index in [0.29, 0.717) is 6.54 Å². The predicted molar refractivity (Wildman–Crippen MR) is 53.6 cm³/mol. The van der Waals surface area contributed by atoms with Gasteiger partial charge in [-0.05, 0) is 6.42 Å². The van der Waals surface area contributed by atoms with Crippen LogP contribution in [0.1, 0.15) is 26.2 Å². The molecular formula is C8H15N5O. The standard InChI is InChI=1S/C8H15N5O/c1-2-3-4-5-13-6-10-7(12-9)11-8(13)14/h6H,2-5,9H2,1H3,(H,11,12,14). The Morgan fingerprint density at radius 3 is 2.93 bits per heavy atom. The molecule has 0 spiro atoms. The average Bonchev–Trinajstić information content (AvgIpc) is 2.20. The van der Waals surface area contributed by atoms with Crippen LogP contribution in [0.4, 0.5) is 5.95 Å². The monoisotopic (exact) mass is 197 g/mol. The Morgan fingerprint density at radius 1 is 1.57 bits per heavy atom. The van der Waals surface area contributed by atoms with Crippen molar-refractivity contribution < 1.29 is 0 Å². The molecule has 6 heteroatoms. The molecule has 3 N–H and O–H groups in total. The van der Waals surface area contributed by atoms with Crippen LogP contribution in [-0.2, 0) is 6.54 Å². The summed E-state index contributed by atoms with van der Waals surface area (Å²) in [6.07, 6.45) is 4.65. The first-order valence-corrected chi connectivity index (χ1v) is 4.68. The molecule has 0 aromatic carbocycles. The Morgan fingerprint density at radius 2 is 2.36 bits per heavy atom. The summed E-state index contributed by atoms with van der Waals surface area (Å²) in [5.74, 6) is 5.22. The molecule has 0 fully saturated rings. The number of anilines is 1. The summed E-state index contributed by atoms with van der Waals surface area (Å²) in [6, 6.07) is 0. The van der Waals surface area contributed by atoms with Gasteiger partial charge < -0.3 is 0 Å². The predicted octanol–water partition coefficient (Wildman–Crippen LogP) is 0.114. The molecule has 0 saturated heterocycles. The van der Waals surface area contributed by atoms with Gasteiger partial charge in [0, 0.05) is 6.54 Å². The molecule has 1 heterocycles. The number of nitrogens with zero attached hydrogens (tertiary/aromatic N) is 3. The van der Waals surface area contributed by atoms with Crippen molar-refractivity contribution in [3.8, 4) is 0 Å². The number of aromatic nitrogens is 3. The molecule has 0 amide bonds. The molecule has 0 saturated carbocycles. The number of hydrazine groups is 1. The van der Waals surface area contributed by atoms with E-state index < -0.39 is 0 Å². The van der Waals surface area contributed by atoms with Crippen LogP contribution < -0.4 is 17.0 Å². The zero-order valence-electron chi connectivity index (χ0n) is 8.23. The number of nitrogen functional groups attached to an aromatic ring is 1. The second-order valence-corrected chi connectivity index (χ2v) is 3.01. The second kappa shape index (κ2) is 5.33. The molecule has 14 heavy (non-hydrogen) atoms. The maximum Gasteiger partial charge on any atom is 0.352 e. The molecular weight excluding hydrogens is 182 g/mol. The van der Waals surface area contributed by atoms with Crippen LogP contribution in [0.25, 0.3) is 0 Å². The lowest BCUT2D eigenvalue weighted by Crippen LogP contribution is -2.26. The van der Waals surface area contributed by atoms with Crippen molar-refractivity contribution in [3.63, 3.8) is 0 Å². The first kappa shape index (κ1) is 10.6. The fraction of sp³-hybridized carbons (Fsp3) is 0.625. The number of aryl methyl sites for hydroxylation is 1. The summed E-state index contributed by atoms with van der Waals surface area (Å²) >= 11 is 0. The third-order valence-corrected chi connectivity index (χ3v) is 1.90. The molecule has 1 aromatic rings. The highest BCUT2D eigenvalue weighted by Gasteiger charge is 1.99. The van der Waals surface area contributed by atoms with Gasteiger partial charge in [-0.25, -0.2) is 15.6 Å². The number of unbranched alkanes of at least 4 members (excludes halogenated alkanes) is 2. The number of nitrogens with two attached hydrogens (primary N) is 1. The fourth-order valence-electron chi connectivity index (χ4n) is 1.11. The summed E-state index contributed by atoms with van der Waals surface area (Å²) in [6.45, 7) is 2.78. The van der Waals surface area contributed by atoms with E-state index in [2.05, 4.69) is 22.3 Å². The Balaban J connectivity index is 2.64. The quantitative estimate of drug-likeness (QED) is 0.397. The van der Waals surface area contributed by atoms with Crippen molar-refractivity contribution in [1.82, 2.24) is 14.5 Å². The first-order chi connectivity index (χ1) is 6.77. The number of hydrogen-bond donors (Lipinski definition) is 2. The minimum absolute atomic E-state index is 0.154. The maximum absolute atomic E-state index is 11.3. The third kappa shape index (κ3) is 2.81. The van der Waals surface area contributed by atoms with Crippen LogP contribution in [-0.4, -0.2) is 14.5 Å². The largest absolute Gasteiger partial charge is 0.352 e. The van der Waals surface area contributed by atoms with Gasteiger partial charge in [0.2, 0.25) is 5.95 Å². The molecule has 0 unspecified atom stereocenters. The van der Waals surface area contributed by atoms with Gasteiger partial charge in [-0.15, -0.1) is 0 Å². The molecule has 0 atom stereocenters. The Labute approximate surface area is 82.1 Å². The van der Waals surface area contributed by atoms with Crippen LogP contribution in [0.2, 0.25) is 0 Å². The molecule has 0 aliphatic heterocycles. The van der Waals surface area contributed by atoms with E-state index in [1.54, 1.807) is 0 Å². The van der Waals surface area contributed by atoms with Crippen LogP contribution in [0.5, 0.6) is 0 Å². The minimum Gasteiger partial charge on any atom is -0.292 e. The van der Waals surface area contributed by atoms with Gasteiger partial charge in [0.15, 0.2) is 0 Å². The van der Waals surface area contributed by atoms with Gasteiger partial charge in [-0.1, -0.05) is 19.8 Å². The van der Waals surface area contributed by atoms with E-state index in [-0.39, 0.29) is 11.6 Å². The third-order valence-electron chi connectivity index (χ3n) is 1.90. The maximum atomic E-state index is 11.3. The fourth-order valence-corrected chi connectivity index (χ4v) is 1.11. The van der Waals surface area contributed by atoms with E-state index in [1.165, 1.54) is 10.9 Å². The Bertz CT molecular complexity index is 335. The van der Waals surface area contributed by atoms with E-state index >= 15 is 0 Å². The Hall–Kier alpha value is -1.43. The summed E-state index contributed by atoms with van der Waals surface area (Å²) < 4.78 is 1.48. The number of rotatable bonds is 5. The Kier molecular flexibility index (Phi) is 4.06. The van der Waals surface area contributed by atoms with E-state index in [1.807, 2.05) is 0 Å². The molecule has 0 radical (unpaired) electrons. The van der Waals surface area contributed by atoms with Crippen LogP contribution in [0, 0.1) is 0 Å². The van der Waals surface area contributed by atoms with E-state index in [9.17, 15) is 4.79 Å². The summed E-state index contributed by atoms with van der Waals surface area (Å²) in [5, 5.41) is 0. The normalized spacial score (nSPS) is 10.1. The SMILES string of the molecule is CCCCCn1cnc(NN)nc1=O. The zero-order valence-corrected chi connectivity index (χ0v) is 8.23. The molecule has 0 bridgehead atoms. The van der Waals surface area contributed by atoms with Crippen molar-refractivity contribution >= 4 is 5.95 Å². The van der Waals surface area contributed by atoms with Crippen molar-refractivity contribution in [2.45, 2.75) is 32.7 Å². The lowest BCUT2D eigenvalue weighted by Gasteiger charge is -2.03. The molecule has 6 nitrogen and oxygen atoms in total. The van der Waals surface area contributed by atoms with Gasteiger partial charge in [0.1, 0.15) is 6.33 Å². The topological polar surface area (TPSA) is 85.8 Å². The van der Waals surface area contributed by atoms with Crippen LogP contribution in [0.3, 0.4) is 0 Å². The van der Waals surface area contributed by atoms with Crippen LogP contribution in [0.15, 0.2) is 11.1 Å². The second-order valence-electron chi connectivity index (χ2n) is 3.01. The molecule has 1 aromatic heterocycles.